The summed E-state index contributed by atoms with van der Waals surface area (Å²) in [7, 11) is 0. The molecular formula is C25H24F2N4O2. The third-order valence-electron chi connectivity index (χ3n) is 6.10. The molecule has 0 atom stereocenters. The van der Waals surface area contributed by atoms with Crippen LogP contribution in [0.5, 0.6) is 11.6 Å². The third kappa shape index (κ3) is 4.37. The van der Waals surface area contributed by atoms with E-state index in [0.29, 0.717) is 41.7 Å². The Morgan fingerprint density at radius 1 is 1.03 bits per heavy atom. The van der Waals surface area contributed by atoms with Crippen LogP contribution in [0.2, 0.25) is 0 Å². The summed E-state index contributed by atoms with van der Waals surface area (Å²) in [6.07, 6.45) is 2.71. The normalized spacial score (nSPS) is 15.5. The van der Waals surface area contributed by atoms with Crippen LogP contribution in [0.4, 0.5) is 14.7 Å². The van der Waals surface area contributed by atoms with Crippen LogP contribution in [0.15, 0.2) is 42.5 Å². The van der Waals surface area contributed by atoms with Gasteiger partial charge in [-0.2, -0.15) is 4.98 Å². The van der Waals surface area contributed by atoms with E-state index >= 15 is 0 Å². The molecule has 0 bridgehead atoms. The molecule has 2 aliphatic rings. The van der Waals surface area contributed by atoms with Crippen LogP contribution in [0.1, 0.15) is 40.0 Å². The predicted molar refractivity (Wildman–Crippen MR) is 120 cm³/mol. The number of fused-ring (bicyclic) bond motifs is 1. The number of carbonyl (C=O) groups is 1. The summed E-state index contributed by atoms with van der Waals surface area (Å²) in [6, 6.07) is 10.2. The van der Waals surface area contributed by atoms with Crippen LogP contribution in [0, 0.1) is 18.6 Å². The van der Waals surface area contributed by atoms with Crippen molar-refractivity contribution in [2.24, 2.45) is 0 Å². The second-order valence-corrected chi connectivity index (χ2v) is 8.45. The molecule has 170 valence electrons. The topological polar surface area (TPSA) is 58.6 Å². The molecule has 2 aliphatic heterocycles. The molecule has 0 spiro atoms. The number of rotatable bonds is 4. The number of hydrogen-bond donors (Lipinski definition) is 0. The summed E-state index contributed by atoms with van der Waals surface area (Å²) in [5.41, 5.74) is 2.32. The molecule has 1 saturated heterocycles. The maximum atomic E-state index is 13.8. The average molecular weight is 450 g/mol. The van der Waals surface area contributed by atoms with Crippen LogP contribution >= 0.6 is 0 Å². The zero-order valence-electron chi connectivity index (χ0n) is 18.4. The first-order chi connectivity index (χ1) is 16.0. The highest BCUT2D eigenvalue weighted by Gasteiger charge is 2.29. The molecule has 6 nitrogen and oxygen atoms in total. The van der Waals surface area contributed by atoms with Gasteiger partial charge in [0.1, 0.15) is 17.4 Å². The minimum Gasteiger partial charge on any atom is -0.438 e. The van der Waals surface area contributed by atoms with Crippen molar-refractivity contribution in [3.63, 3.8) is 0 Å². The smallest absolute Gasteiger partial charge is 0.254 e. The van der Waals surface area contributed by atoms with Crippen molar-refractivity contribution >= 4 is 11.9 Å². The van der Waals surface area contributed by atoms with Crippen LogP contribution in [-0.4, -0.2) is 40.4 Å². The second kappa shape index (κ2) is 8.77. The van der Waals surface area contributed by atoms with Crippen LogP contribution < -0.4 is 9.64 Å². The highest BCUT2D eigenvalue weighted by molar-refractivity contribution is 5.94. The average Bonchev–Trinajstić information content (AvgIpc) is 3.36. The number of carbonyl (C=O) groups excluding carboxylic acids is 1. The molecular weight excluding hydrogens is 426 g/mol. The maximum Gasteiger partial charge on any atom is 0.254 e. The van der Waals surface area contributed by atoms with Crippen LogP contribution in [-0.2, 0) is 13.0 Å². The Morgan fingerprint density at radius 2 is 1.85 bits per heavy atom. The molecule has 8 heteroatoms. The Balaban J connectivity index is 1.49. The number of hydrogen-bond acceptors (Lipinski definition) is 5. The largest absolute Gasteiger partial charge is 0.438 e. The minimum absolute atomic E-state index is 0.250. The molecule has 0 saturated carbocycles. The lowest BCUT2D eigenvalue weighted by atomic mass is 10.0. The first-order valence-corrected chi connectivity index (χ1v) is 11.1. The highest BCUT2D eigenvalue weighted by Crippen LogP contribution is 2.33. The van der Waals surface area contributed by atoms with E-state index in [9.17, 15) is 13.6 Å². The van der Waals surface area contributed by atoms with E-state index in [1.165, 1.54) is 24.3 Å². The fraction of sp³-hybridized carbons (Fsp3) is 0.320. The van der Waals surface area contributed by atoms with Gasteiger partial charge in [-0.15, -0.1) is 0 Å². The predicted octanol–water partition coefficient (Wildman–Crippen LogP) is 4.65. The van der Waals surface area contributed by atoms with Gasteiger partial charge in [-0.1, -0.05) is 6.07 Å². The summed E-state index contributed by atoms with van der Waals surface area (Å²) < 4.78 is 33.5. The van der Waals surface area contributed by atoms with Crippen LogP contribution in [0.25, 0.3) is 0 Å². The molecule has 0 aliphatic carbocycles. The monoisotopic (exact) mass is 450 g/mol. The fourth-order valence-corrected chi connectivity index (χ4v) is 4.28. The number of aromatic nitrogens is 2. The number of aryl methyl sites for hydroxylation is 1. The number of nitrogens with zero attached hydrogens (tertiary/aromatic N) is 4. The Bertz CT molecular complexity index is 1210. The van der Waals surface area contributed by atoms with E-state index < -0.39 is 5.82 Å². The van der Waals surface area contributed by atoms with E-state index in [2.05, 4.69) is 4.90 Å². The third-order valence-corrected chi connectivity index (χ3v) is 6.10. The Labute approximate surface area is 190 Å². The Kier molecular flexibility index (Phi) is 5.66. The zero-order valence-corrected chi connectivity index (χ0v) is 18.4. The zero-order chi connectivity index (χ0) is 22.9. The van der Waals surface area contributed by atoms with Crippen molar-refractivity contribution in [1.29, 1.82) is 0 Å². The molecule has 0 radical (unpaired) electrons. The Hall–Kier alpha value is -3.55. The van der Waals surface area contributed by atoms with Gasteiger partial charge in [0.15, 0.2) is 0 Å². The molecule has 0 N–H and O–H groups in total. The molecule has 5 rings (SSSR count). The van der Waals surface area contributed by atoms with Gasteiger partial charge in [0, 0.05) is 31.6 Å². The molecule has 2 aromatic carbocycles. The molecule has 1 aromatic heterocycles. The van der Waals surface area contributed by atoms with E-state index in [1.54, 1.807) is 30.0 Å². The van der Waals surface area contributed by atoms with E-state index in [4.69, 9.17) is 14.7 Å². The molecule has 0 unspecified atom stereocenters. The lowest BCUT2D eigenvalue weighted by molar-refractivity contribution is 0.0731. The van der Waals surface area contributed by atoms with Gasteiger partial charge in [-0.3, -0.25) is 4.79 Å². The van der Waals surface area contributed by atoms with Crippen LogP contribution in [0.3, 0.4) is 0 Å². The van der Waals surface area contributed by atoms with Crippen molar-refractivity contribution in [1.82, 2.24) is 14.9 Å². The quantitative estimate of drug-likeness (QED) is 0.579. The Morgan fingerprint density at radius 3 is 2.61 bits per heavy atom. The van der Waals surface area contributed by atoms with Gasteiger partial charge in [0.2, 0.25) is 11.8 Å². The number of anilines is 1. The fourth-order valence-electron chi connectivity index (χ4n) is 4.28. The molecule has 3 heterocycles. The lowest BCUT2D eigenvalue weighted by Crippen LogP contribution is -2.37. The molecule has 1 fully saturated rings. The molecule has 1 amide bonds. The van der Waals surface area contributed by atoms with Crippen molar-refractivity contribution in [3.05, 3.63) is 76.5 Å². The van der Waals surface area contributed by atoms with Crippen molar-refractivity contribution in [3.8, 4) is 11.6 Å². The summed E-state index contributed by atoms with van der Waals surface area (Å²) in [6.45, 7) is 4.16. The summed E-state index contributed by atoms with van der Waals surface area (Å²) in [5.74, 6) is 0.432. The van der Waals surface area contributed by atoms with Crippen molar-refractivity contribution in [2.75, 3.05) is 24.5 Å². The van der Waals surface area contributed by atoms with Crippen molar-refractivity contribution < 1.29 is 18.3 Å². The molecule has 3 aromatic rings. The number of benzene rings is 2. The van der Waals surface area contributed by atoms with Gasteiger partial charge < -0.3 is 14.5 Å². The minimum atomic E-state index is -0.451. The first-order valence-electron chi connectivity index (χ1n) is 11.1. The van der Waals surface area contributed by atoms with Gasteiger partial charge in [-0.05, 0) is 61.7 Å². The number of ether oxygens (including phenoxy) is 1. The highest BCUT2D eigenvalue weighted by atomic mass is 19.1. The van der Waals surface area contributed by atoms with Gasteiger partial charge in [0.05, 0.1) is 17.8 Å². The van der Waals surface area contributed by atoms with Gasteiger partial charge in [0.25, 0.3) is 5.91 Å². The number of halogens is 2. The molecule has 33 heavy (non-hydrogen) atoms. The van der Waals surface area contributed by atoms with E-state index in [0.717, 1.165) is 37.2 Å². The standard InChI is InChI=1S/C25H24F2N4O2/c1-16-13-19(7-8-21(16)27)33-23-20-15-31(24(32)17-5-4-6-18(26)14-17)12-9-22(20)28-25(29-23)30-10-2-3-11-30/h4-8,13-14H,2-3,9-12,15H2,1H3. The van der Waals surface area contributed by atoms with Crippen molar-refractivity contribution in [2.45, 2.75) is 32.7 Å². The first kappa shape index (κ1) is 21.3. The van der Waals surface area contributed by atoms with E-state index in [1.807, 2.05) is 0 Å². The lowest BCUT2D eigenvalue weighted by Gasteiger charge is -2.30. The van der Waals surface area contributed by atoms with Gasteiger partial charge >= 0.3 is 0 Å². The maximum absolute atomic E-state index is 13.8. The number of amides is 1. The van der Waals surface area contributed by atoms with E-state index in [-0.39, 0.29) is 18.3 Å². The SMILES string of the molecule is Cc1cc(Oc2nc(N3CCCC3)nc3c2CN(C(=O)c2cccc(F)c2)CC3)ccc1F. The summed E-state index contributed by atoms with van der Waals surface area (Å²) in [4.78, 5) is 26.3. The van der Waals surface area contributed by atoms with Gasteiger partial charge in [-0.25, -0.2) is 13.8 Å². The summed E-state index contributed by atoms with van der Waals surface area (Å²) >= 11 is 0. The second-order valence-electron chi connectivity index (χ2n) is 8.45. The summed E-state index contributed by atoms with van der Waals surface area (Å²) in [5, 5.41) is 0.